The van der Waals surface area contributed by atoms with Crippen LogP contribution in [-0.4, -0.2) is 38.1 Å². The fourth-order valence-electron chi connectivity index (χ4n) is 4.29. The molecule has 2 N–H and O–H groups in total. The van der Waals surface area contributed by atoms with E-state index < -0.39 is 12.0 Å². The van der Waals surface area contributed by atoms with Gasteiger partial charge in [0.1, 0.15) is 11.8 Å². The molecule has 0 amide bonds. The van der Waals surface area contributed by atoms with Crippen molar-refractivity contribution in [3.63, 3.8) is 0 Å². The van der Waals surface area contributed by atoms with Crippen molar-refractivity contribution in [2.24, 2.45) is 0 Å². The molecule has 6 nitrogen and oxygen atoms in total. The number of carbonyl (C=O) groups is 2. The molecule has 0 aliphatic carbocycles. The van der Waals surface area contributed by atoms with E-state index in [1.165, 1.54) is 12.7 Å². The summed E-state index contributed by atoms with van der Waals surface area (Å²) >= 11 is 0. The van der Waals surface area contributed by atoms with Crippen LogP contribution in [0, 0.1) is 6.92 Å². The minimum atomic E-state index is -0.668. The van der Waals surface area contributed by atoms with Gasteiger partial charge in [-0.1, -0.05) is 72.8 Å². The van der Waals surface area contributed by atoms with E-state index in [-0.39, 0.29) is 5.78 Å². The average molecular weight is 523 g/mol. The van der Waals surface area contributed by atoms with Gasteiger partial charge in [0.25, 0.3) is 0 Å². The first-order chi connectivity index (χ1) is 19.0. The van der Waals surface area contributed by atoms with Crippen LogP contribution < -0.4 is 15.4 Å². The Labute approximate surface area is 230 Å². The van der Waals surface area contributed by atoms with Crippen LogP contribution in [0.4, 0.5) is 11.4 Å². The van der Waals surface area contributed by atoms with Crippen LogP contribution in [0.15, 0.2) is 103 Å². The summed E-state index contributed by atoms with van der Waals surface area (Å²) in [4.78, 5) is 25.8. The molecule has 6 heteroatoms. The van der Waals surface area contributed by atoms with E-state index in [2.05, 4.69) is 29.7 Å². The van der Waals surface area contributed by atoms with Gasteiger partial charge in [-0.05, 0) is 54.8 Å². The van der Waals surface area contributed by atoms with Crippen molar-refractivity contribution >= 4 is 23.1 Å². The fraction of sp³-hybridized carbons (Fsp3) is 0.212. The summed E-state index contributed by atoms with van der Waals surface area (Å²) in [5, 5.41) is 6.68. The fourth-order valence-corrected chi connectivity index (χ4v) is 4.29. The van der Waals surface area contributed by atoms with Crippen LogP contribution in [0.5, 0.6) is 5.75 Å². The predicted molar refractivity (Wildman–Crippen MR) is 156 cm³/mol. The van der Waals surface area contributed by atoms with Gasteiger partial charge in [-0.2, -0.15) is 0 Å². The SMILES string of the molecule is COC(=O)C(Cc1ccc(OCCCNc2ccccc2C)cc1)Nc1ccccc1C(=O)c1ccccc1. The number of anilines is 2. The van der Waals surface area contributed by atoms with E-state index in [4.69, 9.17) is 9.47 Å². The molecule has 4 aromatic carbocycles. The monoisotopic (exact) mass is 522 g/mol. The normalized spacial score (nSPS) is 11.3. The number of rotatable bonds is 13. The first-order valence-electron chi connectivity index (χ1n) is 13.1. The van der Waals surface area contributed by atoms with Crippen LogP contribution in [0.1, 0.15) is 33.5 Å². The molecule has 39 heavy (non-hydrogen) atoms. The number of aryl methyl sites for hydroxylation is 1. The second-order valence-corrected chi connectivity index (χ2v) is 9.25. The number of ether oxygens (including phenoxy) is 2. The Bertz CT molecular complexity index is 1370. The zero-order valence-electron chi connectivity index (χ0n) is 22.4. The van der Waals surface area contributed by atoms with Gasteiger partial charge in [0.15, 0.2) is 5.78 Å². The lowest BCUT2D eigenvalue weighted by Gasteiger charge is -2.20. The number of esters is 1. The summed E-state index contributed by atoms with van der Waals surface area (Å²) in [5.41, 5.74) is 4.98. The molecule has 0 bridgehead atoms. The zero-order chi connectivity index (χ0) is 27.5. The molecule has 0 aliphatic rings. The summed E-state index contributed by atoms with van der Waals surface area (Å²) in [6.45, 7) is 3.50. The molecule has 0 fully saturated rings. The Hall–Kier alpha value is -4.58. The van der Waals surface area contributed by atoms with Crippen molar-refractivity contribution in [2.75, 3.05) is 30.9 Å². The minimum absolute atomic E-state index is 0.113. The topological polar surface area (TPSA) is 76.7 Å². The molecule has 0 aliphatic heterocycles. The van der Waals surface area contributed by atoms with Crippen molar-refractivity contribution in [1.29, 1.82) is 0 Å². The molecule has 0 saturated carbocycles. The molecular weight excluding hydrogens is 488 g/mol. The van der Waals surface area contributed by atoms with E-state index >= 15 is 0 Å². The summed E-state index contributed by atoms with van der Waals surface area (Å²) in [7, 11) is 1.36. The molecule has 0 aromatic heterocycles. The highest BCUT2D eigenvalue weighted by molar-refractivity contribution is 6.12. The molecule has 0 saturated heterocycles. The average Bonchev–Trinajstić information content (AvgIpc) is 2.98. The summed E-state index contributed by atoms with van der Waals surface area (Å²) in [6, 6.07) is 31.5. The lowest BCUT2D eigenvalue weighted by Crippen LogP contribution is -2.33. The summed E-state index contributed by atoms with van der Waals surface area (Å²) < 4.78 is 11.0. The van der Waals surface area contributed by atoms with Crippen LogP contribution in [0.2, 0.25) is 0 Å². The number of hydrogen-bond acceptors (Lipinski definition) is 6. The van der Waals surface area contributed by atoms with Crippen LogP contribution in [-0.2, 0) is 16.0 Å². The van der Waals surface area contributed by atoms with Crippen LogP contribution >= 0.6 is 0 Å². The molecule has 0 heterocycles. The highest BCUT2D eigenvalue weighted by Crippen LogP contribution is 2.22. The molecule has 4 aromatic rings. The zero-order valence-corrected chi connectivity index (χ0v) is 22.4. The van der Waals surface area contributed by atoms with Crippen molar-refractivity contribution in [3.8, 4) is 5.75 Å². The molecule has 1 atom stereocenters. The van der Waals surface area contributed by atoms with E-state index in [0.717, 1.165) is 30.0 Å². The third kappa shape index (κ3) is 7.71. The van der Waals surface area contributed by atoms with Gasteiger partial charge >= 0.3 is 5.97 Å². The van der Waals surface area contributed by atoms with Gasteiger partial charge in [-0.25, -0.2) is 4.79 Å². The van der Waals surface area contributed by atoms with Gasteiger partial charge in [-0.15, -0.1) is 0 Å². The van der Waals surface area contributed by atoms with Gasteiger partial charge in [0, 0.05) is 35.5 Å². The van der Waals surface area contributed by atoms with Crippen LogP contribution in [0.3, 0.4) is 0 Å². The maximum Gasteiger partial charge on any atom is 0.328 e. The Morgan fingerprint density at radius 3 is 2.18 bits per heavy atom. The van der Waals surface area contributed by atoms with Crippen molar-refractivity contribution < 1.29 is 19.1 Å². The second-order valence-electron chi connectivity index (χ2n) is 9.25. The third-order valence-corrected chi connectivity index (χ3v) is 6.44. The van der Waals surface area contributed by atoms with E-state index in [0.29, 0.717) is 29.8 Å². The Kier molecular flexibility index (Phi) is 9.73. The van der Waals surface area contributed by atoms with Gasteiger partial charge in [0.05, 0.1) is 13.7 Å². The van der Waals surface area contributed by atoms with Gasteiger partial charge in [0.2, 0.25) is 0 Å². The Morgan fingerprint density at radius 2 is 1.46 bits per heavy atom. The summed E-state index contributed by atoms with van der Waals surface area (Å²) in [6.07, 6.45) is 1.26. The van der Waals surface area contributed by atoms with Crippen molar-refractivity contribution in [2.45, 2.75) is 25.8 Å². The molecular formula is C33H34N2O4. The third-order valence-electron chi connectivity index (χ3n) is 6.44. The molecule has 4 rings (SSSR count). The van der Waals surface area contributed by atoms with E-state index in [9.17, 15) is 9.59 Å². The first kappa shape index (κ1) is 27.5. The highest BCUT2D eigenvalue weighted by Gasteiger charge is 2.22. The largest absolute Gasteiger partial charge is 0.494 e. The molecule has 1 unspecified atom stereocenters. The summed E-state index contributed by atoms with van der Waals surface area (Å²) in [5.74, 6) is 0.257. The predicted octanol–water partition coefficient (Wildman–Crippen LogP) is 6.30. The van der Waals surface area contributed by atoms with Crippen molar-refractivity contribution in [1.82, 2.24) is 0 Å². The maximum atomic E-state index is 13.1. The quantitative estimate of drug-likeness (QED) is 0.122. The van der Waals surface area contributed by atoms with E-state index in [1.54, 1.807) is 24.3 Å². The highest BCUT2D eigenvalue weighted by atomic mass is 16.5. The van der Waals surface area contributed by atoms with E-state index in [1.807, 2.05) is 66.7 Å². The number of ketones is 1. The molecule has 0 radical (unpaired) electrons. The second kappa shape index (κ2) is 13.8. The number of benzene rings is 4. The number of nitrogens with one attached hydrogen (secondary N) is 2. The standard InChI is InChI=1S/C33H34N2O4/c1-24-11-6-8-15-29(24)34-21-10-22-39-27-19-17-25(18-20-27)23-31(33(37)38-2)35-30-16-9-7-14-28(30)32(36)26-12-4-3-5-13-26/h3-9,11-20,31,34-35H,10,21-23H2,1-2H3. The number of methoxy groups -OCH3 is 1. The van der Waals surface area contributed by atoms with Crippen LogP contribution in [0.25, 0.3) is 0 Å². The molecule has 200 valence electrons. The number of para-hydroxylation sites is 2. The number of hydrogen-bond donors (Lipinski definition) is 2. The molecule has 0 spiro atoms. The van der Waals surface area contributed by atoms with Gasteiger partial charge in [-0.3, -0.25) is 4.79 Å². The van der Waals surface area contributed by atoms with Crippen molar-refractivity contribution in [3.05, 3.63) is 125 Å². The minimum Gasteiger partial charge on any atom is -0.494 e. The maximum absolute atomic E-state index is 13.1. The first-order valence-corrected chi connectivity index (χ1v) is 13.1. The lowest BCUT2D eigenvalue weighted by atomic mass is 10.00. The lowest BCUT2D eigenvalue weighted by molar-refractivity contribution is -0.141. The Morgan fingerprint density at radius 1 is 0.795 bits per heavy atom. The number of carbonyl (C=O) groups excluding carboxylic acids is 2. The smallest absolute Gasteiger partial charge is 0.328 e. The Balaban J connectivity index is 1.34. The van der Waals surface area contributed by atoms with Gasteiger partial charge < -0.3 is 20.1 Å².